The Kier molecular flexibility index (Phi) is 6.80. The maximum atomic E-state index is 13.1. The molecule has 1 saturated heterocycles. The predicted molar refractivity (Wildman–Crippen MR) is 115 cm³/mol. The number of hydrogen-bond donors (Lipinski definition) is 0. The maximum absolute atomic E-state index is 13.1. The smallest absolute Gasteiger partial charge is 0.338 e. The fourth-order valence-electron chi connectivity index (χ4n) is 3.52. The summed E-state index contributed by atoms with van der Waals surface area (Å²) in [7, 11) is 1.56. The molecule has 2 aliphatic heterocycles. The Balaban J connectivity index is 2.03. The number of fused-ring (bicyclic) bond motifs is 1. The van der Waals surface area contributed by atoms with E-state index >= 15 is 0 Å². The number of thioether (sulfide) groups is 1. The SMILES string of the molecule is CC[C@@H]1SC2=NC(C)=C(C(=O)OCCOC)[C@@H](c3ccc(C(C)C)cc3)N2C1=O. The summed E-state index contributed by atoms with van der Waals surface area (Å²) in [5.74, 6) is -0.0707. The quantitative estimate of drug-likeness (QED) is 0.496. The summed E-state index contributed by atoms with van der Waals surface area (Å²) in [6.07, 6.45) is 0.713. The number of nitrogens with zero attached hydrogens (tertiary/aromatic N) is 2. The van der Waals surface area contributed by atoms with Gasteiger partial charge in [-0.2, -0.15) is 0 Å². The third kappa shape index (κ3) is 4.26. The minimum atomic E-state index is -0.532. The van der Waals surface area contributed by atoms with Gasteiger partial charge in [-0.25, -0.2) is 9.79 Å². The zero-order chi connectivity index (χ0) is 21.1. The Morgan fingerprint density at radius 1 is 1.24 bits per heavy atom. The van der Waals surface area contributed by atoms with Crippen molar-refractivity contribution >= 4 is 28.8 Å². The normalized spacial score (nSPS) is 21.5. The van der Waals surface area contributed by atoms with Crippen LogP contribution >= 0.6 is 11.8 Å². The highest BCUT2D eigenvalue weighted by Gasteiger charge is 2.47. The van der Waals surface area contributed by atoms with E-state index in [0.29, 0.717) is 35.4 Å². The topological polar surface area (TPSA) is 68.2 Å². The molecular weight excluding hydrogens is 388 g/mol. The van der Waals surface area contributed by atoms with Gasteiger partial charge in [0.15, 0.2) is 5.17 Å². The van der Waals surface area contributed by atoms with E-state index in [1.807, 2.05) is 19.1 Å². The molecule has 0 N–H and O–H groups in total. The molecule has 0 spiro atoms. The number of aliphatic imine (C=N–C) groups is 1. The predicted octanol–water partition coefficient (Wildman–Crippen LogP) is 4.04. The van der Waals surface area contributed by atoms with Gasteiger partial charge in [0.05, 0.1) is 29.2 Å². The molecule has 0 saturated carbocycles. The van der Waals surface area contributed by atoms with E-state index in [0.717, 1.165) is 5.56 Å². The number of esters is 1. The van der Waals surface area contributed by atoms with Gasteiger partial charge < -0.3 is 9.47 Å². The lowest BCUT2D eigenvalue weighted by Gasteiger charge is -2.33. The third-order valence-electron chi connectivity index (χ3n) is 5.18. The van der Waals surface area contributed by atoms with Crippen molar-refractivity contribution in [3.8, 4) is 0 Å². The largest absolute Gasteiger partial charge is 0.460 e. The highest BCUT2D eigenvalue weighted by Crippen LogP contribution is 2.44. The first-order valence-corrected chi connectivity index (χ1v) is 10.8. The first kappa shape index (κ1) is 21.6. The van der Waals surface area contributed by atoms with Crippen molar-refractivity contribution in [3.63, 3.8) is 0 Å². The van der Waals surface area contributed by atoms with E-state index in [1.54, 1.807) is 18.9 Å². The van der Waals surface area contributed by atoms with E-state index in [1.165, 1.54) is 17.3 Å². The van der Waals surface area contributed by atoms with Gasteiger partial charge in [-0.1, -0.05) is 56.8 Å². The van der Waals surface area contributed by atoms with E-state index in [2.05, 4.69) is 31.0 Å². The summed E-state index contributed by atoms with van der Waals surface area (Å²) in [6, 6.07) is 7.57. The number of ether oxygens (including phenoxy) is 2. The summed E-state index contributed by atoms with van der Waals surface area (Å²) in [5.41, 5.74) is 3.09. The van der Waals surface area contributed by atoms with Crippen LogP contribution in [0.15, 0.2) is 40.5 Å². The van der Waals surface area contributed by atoms with Gasteiger partial charge in [-0.05, 0) is 30.4 Å². The molecule has 0 aromatic heterocycles. The number of carbonyl (C=O) groups excluding carboxylic acids is 2. The highest BCUT2D eigenvalue weighted by molar-refractivity contribution is 8.15. The summed E-state index contributed by atoms with van der Waals surface area (Å²) in [4.78, 5) is 32.3. The molecule has 0 unspecified atom stereocenters. The molecule has 1 aromatic carbocycles. The number of amides is 1. The fraction of sp³-hybridized carbons (Fsp3) is 0.500. The molecule has 29 heavy (non-hydrogen) atoms. The van der Waals surface area contributed by atoms with Gasteiger partial charge in [-0.3, -0.25) is 9.69 Å². The maximum Gasteiger partial charge on any atom is 0.338 e. The molecule has 0 bridgehead atoms. The molecule has 2 aliphatic rings. The Bertz CT molecular complexity index is 845. The van der Waals surface area contributed by atoms with E-state index in [4.69, 9.17) is 9.47 Å². The van der Waals surface area contributed by atoms with Crippen LogP contribution < -0.4 is 0 Å². The Morgan fingerprint density at radius 3 is 2.52 bits per heavy atom. The monoisotopic (exact) mass is 416 g/mol. The third-order valence-corrected chi connectivity index (χ3v) is 6.50. The second-order valence-corrected chi connectivity index (χ2v) is 8.64. The van der Waals surface area contributed by atoms with Gasteiger partial charge in [0.25, 0.3) is 0 Å². The van der Waals surface area contributed by atoms with Crippen LogP contribution in [0.4, 0.5) is 0 Å². The first-order valence-electron chi connectivity index (χ1n) is 9.94. The van der Waals surface area contributed by atoms with E-state index in [9.17, 15) is 9.59 Å². The van der Waals surface area contributed by atoms with Crippen LogP contribution in [0.3, 0.4) is 0 Å². The van der Waals surface area contributed by atoms with Gasteiger partial charge in [-0.15, -0.1) is 0 Å². The zero-order valence-electron chi connectivity index (χ0n) is 17.6. The minimum absolute atomic E-state index is 0.0103. The van der Waals surface area contributed by atoms with Crippen LogP contribution in [0, 0.1) is 0 Å². The van der Waals surface area contributed by atoms with Crippen LogP contribution in [-0.4, -0.2) is 47.5 Å². The molecule has 7 heteroatoms. The lowest BCUT2D eigenvalue weighted by molar-refractivity contribution is -0.141. The molecule has 3 rings (SSSR count). The minimum Gasteiger partial charge on any atom is -0.460 e. The molecular formula is C22H28N2O4S. The average Bonchev–Trinajstić information content (AvgIpc) is 3.02. The molecule has 2 atom stereocenters. The molecule has 6 nitrogen and oxygen atoms in total. The van der Waals surface area contributed by atoms with Crippen LogP contribution in [0.25, 0.3) is 0 Å². The fourth-order valence-corrected chi connectivity index (χ4v) is 4.66. The number of rotatable bonds is 7. The Labute approximate surface area is 176 Å². The zero-order valence-corrected chi connectivity index (χ0v) is 18.4. The summed E-state index contributed by atoms with van der Waals surface area (Å²) in [6.45, 7) is 8.53. The molecule has 1 fully saturated rings. The molecule has 156 valence electrons. The molecule has 1 amide bonds. The van der Waals surface area contributed by atoms with Gasteiger partial charge in [0.1, 0.15) is 6.61 Å². The van der Waals surface area contributed by atoms with Gasteiger partial charge in [0, 0.05) is 7.11 Å². The van der Waals surface area contributed by atoms with Crippen molar-refractivity contribution in [3.05, 3.63) is 46.7 Å². The van der Waals surface area contributed by atoms with Crippen molar-refractivity contribution in [2.24, 2.45) is 4.99 Å². The average molecular weight is 417 g/mol. The van der Waals surface area contributed by atoms with Gasteiger partial charge in [0.2, 0.25) is 5.91 Å². The number of hydrogen-bond acceptors (Lipinski definition) is 6. The number of carbonyl (C=O) groups is 2. The lowest BCUT2D eigenvalue weighted by Crippen LogP contribution is -2.41. The van der Waals surface area contributed by atoms with Crippen LogP contribution in [0.1, 0.15) is 57.2 Å². The second kappa shape index (κ2) is 9.13. The number of benzene rings is 1. The molecule has 0 aliphatic carbocycles. The molecule has 1 aromatic rings. The number of allylic oxidation sites excluding steroid dienone is 1. The highest BCUT2D eigenvalue weighted by atomic mass is 32.2. The van der Waals surface area contributed by atoms with E-state index < -0.39 is 12.0 Å². The summed E-state index contributed by atoms with van der Waals surface area (Å²) < 4.78 is 10.4. The summed E-state index contributed by atoms with van der Waals surface area (Å²) >= 11 is 1.47. The van der Waals surface area contributed by atoms with Crippen LogP contribution in [0.2, 0.25) is 0 Å². The van der Waals surface area contributed by atoms with E-state index in [-0.39, 0.29) is 17.8 Å². The van der Waals surface area contributed by atoms with Crippen molar-refractivity contribution < 1.29 is 19.1 Å². The Morgan fingerprint density at radius 2 is 1.93 bits per heavy atom. The molecule has 0 radical (unpaired) electrons. The number of methoxy groups -OCH3 is 1. The Hall–Kier alpha value is -2.12. The summed E-state index contributed by atoms with van der Waals surface area (Å²) in [5, 5.41) is 0.480. The van der Waals surface area contributed by atoms with Crippen LogP contribution in [0.5, 0.6) is 0 Å². The number of amidine groups is 1. The standard InChI is InChI=1S/C22H28N2O4S/c1-6-17-20(25)24-19(16-9-7-15(8-10-16)13(2)3)18(14(4)23-22(24)29-17)21(26)28-12-11-27-5/h7-10,13,17,19H,6,11-12H2,1-5H3/t17-,19+/m0/s1. The molecule has 2 heterocycles. The van der Waals surface area contributed by atoms with Gasteiger partial charge >= 0.3 is 5.97 Å². The van der Waals surface area contributed by atoms with Crippen molar-refractivity contribution in [1.82, 2.24) is 4.90 Å². The van der Waals surface area contributed by atoms with Crippen molar-refractivity contribution in [2.45, 2.75) is 51.3 Å². The van der Waals surface area contributed by atoms with Crippen molar-refractivity contribution in [2.75, 3.05) is 20.3 Å². The van der Waals surface area contributed by atoms with Crippen molar-refractivity contribution in [1.29, 1.82) is 0 Å². The second-order valence-electron chi connectivity index (χ2n) is 7.47. The lowest BCUT2D eigenvalue weighted by atomic mass is 9.92. The first-order chi connectivity index (χ1) is 13.9. The van der Waals surface area contributed by atoms with Crippen LogP contribution in [-0.2, 0) is 19.1 Å².